The molecule has 0 atom stereocenters. The lowest BCUT2D eigenvalue weighted by Gasteiger charge is -2.08. The molecule has 0 amide bonds. The predicted molar refractivity (Wildman–Crippen MR) is 84.2 cm³/mol. The highest BCUT2D eigenvalue weighted by atomic mass is 35.5. The maximum atomic E-state index is 13.1. The topological polar surface area (TPSA) is 43.8 Å². The van der Waals surface area contributed by atoms with Crippen molar-refractivity contribution in [2.24, 2.45) is 5.73 Å². The van der Waals surface area contributed by atoms with E-state index in [9.17, 15) is 4.39 Å². The van der Waals surface area contributed by atoms with E-state index in [-0.39, 0.29) is 5.82 Å². The van der Waals surface area contributed by atoms with Crippen LogP contribution in [0.25, 0.3) is 22.4 Å². The highest BCUT2D eigenvalue weighted by Gasteiger charge is 2.14. The van der Waals surface area contributed by atoms with E-state index >= 15 is 0 Å². The molecule has 0 saturated carbocycles. The molecule has 0 aliphatic rings. The number of hydrogen-bond acceptors (Lipinski definition) is 2. The Kier molecular flexibility index (Phi) is 3.85. The summed E-state index contributed by atoms with van der Waals surface area (Å²) in [4.78, 5) is 4.58. The van der Waals surface area contributed by atoms with E-state index < -0.39 is 0 Å². The molecular weight excluding hydrogens is 312 g/mol. The third kappa shape index (κ3) is 2.62. The summed E-state index contributed by atoms with van der Waals surface area (Å²) in [7, 11) is 0. The molecule has 0 fully saturated rings. The second-order valence-corrected chi connectivity index (χ2v) is 5.45. The number of nitrogens with zero attached hydrogens (tertiary/aromatic N) is 2. The SMILES string of the molecule is NCCn1c(-c2ccc(F)cc2)nc2cc(Cl)c(Cl)cc21. The summed E-state index contributed by atoms with van der Waals surface area (Å²) in [5.41, 5.74) is 8.08. The van der Waals surface area contributed by atoms with Crippen molar-refractivity contribution in [2.45, 2.75) is 6.54 Å². The quantitative estimate of drug-likeness (QED) is 0.788. The Morgan fingerprint density at radius 1 is 1.10 bits per heavy atom. The second kappa shape index (κ2) is 5.64. The minimum atomic E-state index is -0.286. The number of rotatable bonds is 3. The molecule has 0 saturated heterocycles. The number of benzene rings is 2. The molecule has 21 heavy (non-hydrogen) atoms. The lowest BCUT2D eigenvalue weighted by Crippen LogP contribution is -2.10. The molecule has 0 aliphatic heterocycles. The molecule has 3 aromatic rings. The summed E-state index contributed by atoms with van der Waals surface area (Å²) < 4.78 is 15.0. The summed E-state index contributed by atoms with van der Waals surface area (Å²) in [5.74, 6) is 0.431. The van der Waals surface area contributed by atoms with Gasteiger partial charge in [-0.2, -0.15) is 0 Å². The Hall–Kier alpha value is -1.62. The van der Waals surface area contributed by atoms with Crippen LogP contribution in [0, 0.1) is 5.82 Å². The van der Waals surface area contributed by atoms with Gasteiger partial charge in [0.05, 0.1) is 21.1 Å². The van der Waals surface area contributed by atoms with Gasteiger partial charge in [-0.25, -0.2) is 9.37 Å². The van der Waals surface area contributed by atoms with Crippen molar-refractivity contribution in [2.75, 3.05) is 6.54 Å². The monoisotopic (exact) mass is 323 g/mol. The molecule has 3 rings (SSSR count). The Morgan fingerprint density at radius 2 is 1.76 bits per heavy atom. The minimum Gasteiger partial charge on any atom is -0.329 e. The van der Waals surface area contributed by atoms with Crippen molar-refractivity contribution in [1.82, 2.24) is 9.55 Å². The van der Waals surface area contributed by atoms with Crippen LogP contribution in [0.1, 0.15) is 0 Å². The Balaban J connectivity index is 2.25. The van der Waals surface area contributed by atoms with E-state index in [1.54, 1.807) is 24.3 Å². The van der Waals surface area contributed by atoms with Gasteiger partial charge in [0.25, 0.3) is 0 Å². The van der Waals surface area contributed by atoms with Gasteiger partial charge in [0.2, 0.25) is 0 Å². The first kappa shape index (κ1) is 14.3. The molecule has 0 spiro atoms. The zero-order chi connectivity index (χ0) is 15.0. The molecule has 6 heteroatoms. The molecule has 1 heterocycles. The van der Waals surface area contributed by atoms with E-state index in [0.29, 0.717) is 29.0 Å². The Bertz CT molecular complexity index is 797. The Morgan fingerprint density at radius 3 is 2.43 bits per heavy atom. The van der Waals surface area contributed by atoms with Crippen molar-refractivity contribution in [1.29, 1.82) is 0 Å². The molecular formula is C15H12Cl2FN3. The summed E-state index contributed by atoms with van der Waals surface area (Å²) in [6.07, 6.45) is 0. The van der Waals surface area contributed by atoms with Gasteiger partial charge in [-0.3, -0.25) is 0 Å². The van der Waals surface area contributed by atoms with Crippen molar-refractivity contribution in [3.05, 3.63) is 52.3 Å². The van der Waals surface area contributed by atoms with E-state index in [1.807, 2.05) is 4.57 Å². The average molecular weight is 324 g/mol. The molecule has 0 radical (unpaired) electrons. The van der Waals surface area contributed by atoms with Crippen LogP contribution in [0.2, 0.25) is 10.0 Å². The van der Waals surface area contributed by atoms with Crippen LogP contribution < -0.4 is 5.73 Å². The lowest BCUT2D eigenvalue weighted by molar-refractivity contribution is 0.628. The highest BCUT2D eigenvalue weighted by molar-refractivity contribution is 6.42. The molecule has 2 aromatic carbocycles. The normalized spacial score (nSPS) is 11.2. The summed E-state index contributed by atoms with van der Waals surface area (Å²) in [6.45, 7) is 1.04. The van der Waals surface area contributed by atoms with Crippen LogP contribution >= 0.6 is 23.2 Å². The molecule has 3 nitrogen and oxygen atoms in total. The minimum absolute atomic E-state index is 0.286. The van der Waals surface area contributed by atoms with Crippen LogP contribution in [-0.2, 0) is 6.54 Å². The van der Waals surface area contributed by atoms with Gasteiger partial charge in [0.15, 0.2) is 0 Å². The number of imidazole rings is 1. The number of fused-ring (bicyclic) bond motifs is 1. The highest BCUT2D eigenvalue weighted by Crippen LogP contribution is 2.31. The number of nitrogens with two attached hydrogens (primary N) is 1. The first-order valence-electron chi connectivity index (χ1n) is 6.41. The molecule has 108 valence electrons. The van der Waals surface area contributed by atoms with Gasteiger partial charge in [-0.1, -0.05) is 23.2 Å². The summed E-state index contributed by atoms with van der Waals surface area (Å²) in [6, 6.07) is 9.68. The van der Waals surface area contributed by atoms with Crippen molar-refractivity contribution in [3.63, 3.8) is 0 Å². The first-order chi connectivity index (χ1) is 10.1. The van der Waals surface area contributed by atoms with E-state index in [0.717, 1.165) is 16.6 Å². The van der Waals surface area contributed by atoms with Crippen molar-refractivity contribution in [3.8, 4) is 11.4 Å². The Labute approximate surface area is 131 Å². The molecule has 1 aromatic heterocycles. The zero-order valence-electron chi connectivity index (χ0n) is 11.0. The summed E-state index contributed by atoms with van der Waals surface area (Å²) in [5, 5.41) is 0.917. The molecule has 0 unspecified atom stereocenters. The van der Waals surface area contributed by atoms with Crippen LogP contribution in [0.3, 0.4) is 0 Å². The number of halogens is 3. The first-order valence-corrected chi connectivity index (χ1v) is 7.17. The van der Waals surface area contributed by atoms with Crippen LogP contribution in [0.4, 0.5) is 4.39 Å². The summed E-state index contributed by atoms with van der Waals surface area (Å²) >= 11 is 12.1. The molecule has 0 aliphatic carbocycles. The van der Waals surface area contributed by atoms with Crippen LogP contribution in [0.15, 0.2) is 36.4 Å². The van der Waals surface area contributed by atoms with Gasteiger partial charge in [-0.15, -0.1) is 0 Å². The largest absolute Gasteiger partial charge is 0.329 e. The smallest absolute Gasteiger partial charge is 0.141 e. The fourth-order valence-corrected chi connectivity index (χ4v) is 2.61. The van der Waals surface area contributed by atoms with E-state index in [4.69, 9.17) is 28.9 Å². The van der Waals surface area contributed by atoms with Crippen molar-refractivity contribution < 1.29 is 4.39 Å². The zero-order valence-corrected chi connectivity index (χ0v) is 12.5. The predicted octanol–water partition coefficient (Wildman–Crippen LogP) is 4.11. The standard InChI is InChI=1S/C15H12Cl2FN3/c16-11-7-13-14(8-12(11)17)21(6-5-19)15(20-13)9-1-3-10(18)4-2-9/h1-4,7-8H,5-6,19H2. The van der Waals surface area contributed by atoms with Gasteiger partial charge in [-0.05, 0) is 36.4 Å². The van der Waals surface area contributed by atoms with Crippen LogP contribution in [-0.4, -0.2) is 16.1 Å². The van der Waals surface area contributed by atoms with Crippen molar-refractivity contribution >= 4 is 34.2 Å². The van der Waals surface area contributed by atoms with Gasteiger partial charge >= 0.3 is 0 Å². The number of aromatic nitrogens is 2. The fraction of sp³-hybridized carbons (Fsp3) is 0.133. The lowest BCUT2D eigenvalue weighted by atomic mass is 10.2. The third-order valence-electron chi connectivity index (χ3n) is 3.25. The fourth-order valence-electron chi connectivity index (χ4n) is 2.29. The number of hydrogen-bond donors (Lipinski definition) is 1. The van der Waals surface area contributed by atoms with Gasteiger partial charge in [0.1, 0.15) is 11.6 Å². The second-order valence-electron chi connectivity index (χ2n) is 4.64. The maximum absolute atomic E-state index is 13.1. The molecule has 0 bridgehead atoms. The van der Waals surface area contributed by atoms with Crippen LogP contribution in [0.5, 0.6) is 0 Å². The van der Waals surface area contributed by atoms with Gasteiger partial charge in [0, 0.05) is 18.7 Å². The average Bonchev–Trinajstić information content (AvgIpc) is 2.79. The van der Waals surface area contributed by atoms with E-state index in [2.05, 4.69) is 4.98 Å². The third-order valence-corrected chi connectivity index (χ3v) is 3.97. The van der Waals surface area contributed by atoms with Gasteiger partial charge < -0.3 is 10.3 Å². The molecule has 2 N–H and O–H groups in total. The van der Waals surface area contributed by atoms with E-state index in [1.165, 1.54) is 12.1 Å². The maximum Gasteiger partial charge on any atom is 0.141 e.